The Hall–Kier alpha value is -0.160. The largest absolute Gasteiger partial charge is 0.377 e. The van der Waals surface area contributed by atoms with Gasteiger partial charge in [0.15, 0.2) is 0 Å². The third-order valence-corrected chi connectivity index (χ3v) is 3.95. The predicted molar refractivity (Wildman–Crippen MR) is 81.8 cm³/mol. The third-order valence-electron chi connectivity index (χ3n) is 3.95. The van der Waals surface area contributed by atoms with E-state index >= 15 is 0 Å². The van der Waals surface area contributed by atoms with Crippen molar-refractivity contribution < 1.29 is 4.74 Å². The molecule has 1 aliphatic heterocycles. The van der Waals surface area contributed by atoms with Crippen LogP contribution in [0.15, 0.2) is 0 Å². The van der Waals surface area contributed by atoms with E-state index in [4.69, 9.17) is 4.74 Å². The van der Waals surface area contributed by atoms with Gasteiger partial charge in [-0.1, -0.05) is 13.8 Å². The predicted octanol–water partition coefficient (Wildman–Crippen LogP) is 1.37. The highest BCUT2D eigenvalue weighted by molar-refractivity contribution is 4.72. The molecule has 114 valence electrons. The van der Waals surface area contributed by atoms with E-state index in [0.29, 0.717) is 6.10 Å². The number of piperazine rings is 1. The molecular weight excluding hydrogens is 238 g/mol. The van der Waals surface area contributed by atoms with Gasteiger partial charge >= 0.3 is 0 Å². The highest BCUT2D eigenvalue weighted by atomic mass is 16.5. The summed E-state index contributed by atoms with van der Waals surface area (Å²) < 4.78 is 5.62. The fourth-order valence-corrected chi connectivity index (χ4v) is 2.48. The van der Waals surface area contributed by atoms with Gasteiger partial charge in [0.05, 0.1) is 12.7 Å². The van der Waals surface area contributed by atoms with Gasteiger partial charge < -0.3 is 9.64 Å². The van der Waals surface area contributed by atoms with Gasteiger partial charge in [0.1, 0.15) is 0 Å². The van der Waals surface area contributed by atoms with E-state index in [1.165, 1.54) is 52.4 Å². The van der Waals surface area contributed by atoms with Gasteiger partial charge in [0.25, 0.3) is 0 Å². The SMILES string of the molecule is CCN(CC)CCN1CCN(CCOC(C)C)CC1. The van der Waals surface area contributed by atoms with Crippen molar-refractivity contribution in [2.24, 2.45) is 0 Å². The summed E-state index contributed by atoms with van der Waals surface area (Å²) >= 11 is 0. The van der Waals surface area contributed by atoms with Gasteiger partial charge in [0, 0.05) is 45.8 Å². The first-order chi connectivity index (χ1) is 9.15. The van der Waals surface area contributed by atoms with Crippen molar-refractivity contribution in [1.82, 2.24) is 14.7 Å². The van der Waals surface area contributed by atoms with Crippen molar-refractivity contribution >= 4 is 0 Å². The average molecular weight is 271 g/mol. The van der Waals surface area contributed by atoms with Crippen molar-refractivity contribution in [3.05, 3.63) is 0 Å². The van der Waals surface area contributed by atoms with Crippen LogP contribution in [0.25, 0.3) is 0 Å². The lowest BCUT2D eigenvalue weighted by atomic mass is 10.3. The summed E-state index contributed by atoms with van der Waals surface area (Å²) in [6.45, 7) is 20.2. The van der Waals surface area contributed by atoms with Crippen LogP contribution in [-0.4, -0.2) is 86.3 Å². The van der Waals surface area contributed by atoms with Crippen molar-refractivity contribution in [3.63, 3.8) is 0 Å². The van der Waals surface area contributed by atoms with Gasteiger partial charge in [-0.15, -0.1) is 0 Å². The Morgan fingerprint density at radius 3 is 1.95 bits per heavy atom. The van der Waals surface area contributed by atoms with E-state index in [1.807, 2.05) is 0 Å². The van der Waals surface area contributed by atoms with Crippen LogP contribution in [0.2, 0.25) is 0 Å². The van der Waals surface area contributed by atoms with E-state index in [-0.39, 0.29) is 0 Å². The van der Waals surface area contributed by atoms with Crippen molar-refractivity contribution in [2.75, 3.05) is 65.5 Å². The van der Waals surface area contributed by atoms with Crippen LogP contribution in [0.1, 0.15) is 27.7 Å². The topological polar surface area (TPSA) is 19.0 Å². The smallest absolute Gasteiger partial charge is 0.0596 e. The molecule has 0 bridgehead atoms. The van der Waals surface area contributed by atoms with Crippen LogP contribution >= 0.6 is 0 Å². The van der Waals surface area contributed by atoms with Crippen LogP contribution in [0.5, 0.6) is 0 Å². The van der Waals surface area contributed by atoms with Crippen LogP contribution in [0.4, 0.5) is 0 Å². The highest BCUT2D eigenvalue weighted by Crippen LogP contribution is 2.02. The normalized spacial score (nSPS) is 18.6. The minimum absolute atomic E-state index is 0.357. The highest BCUT2D eigenvalue weighted by Gasteiger charge is 2.16. The molecule has 1 heterocycles. The summed E-state index contributed by atoms with van der Waals surface area (Å²) in [4.78, 5) is 7.62. The van der Waals surface area contributed by atoms with Gasteiger partial charge in [-0.2, -0.15) is 0 Å². The summed E-state index contributed by atoms with van der Waals surface area (Å²) in [5.74, 6) is 0. The lowest BCUT2D eigenvalue weighted by Crippen LogP contribution is -2.49. The summed E-state index contributed by atoms with van der Waals surface area (Å²) in [6.07, 6.45) is 0.357. The minimum atomic E-state index is 0.357. The second-order valence-corrected chi connectivity index (χ2v) is 5.63. The quantitative estimate of drug-likeness (QED) is 0.630. The Kier molecular flexibility index (Phi) is 8.62. The monoisotopic (exact) mass is 271 g/mol. The standard InChI is InChI=1S/C15H33N3O/c1-5-16(6-2)7-8-17-9-11-18(12-10-17)13-14-19-15(3)4/h15H,5-14H2,1-4H3. The Balaban J connectivity index is 2.08. The Morgan fingerprint density at radius 2 is 1.47 bits per heavy atom. The third kappa shape index (κ3) is 7.25. The Labute approximate surface area is 119 Å². The van der Waals surface area contributed by atoms with Gasteiger partial charge in [-0.3, -0.25) is 9.80 Å². The summed E-state index contributed by atoms with van der Waals surface area (Å²) in [5.41, 5.74) is 0. The molecule has 1 rings (SSSR count). The molecule has 1 fully saturated rings. The zero-order chi connectivity index (χ0) is 14.1. The molecule has 0 aliphatic carbocycles. The van der Waals surface area contributed by atoms with Gasteiger partial charge in [-0.25, -0.2) is 0 Å². The van der Waals surface area contributed by atoms with Crippen molar-refractivity contribution in [3.8, 4) is 0 Å². The molecule has 0 amide bonds. The maximum absolute atomic E-state index is 5.62. The molecule has 0 N–H and O–H groups in total. The fraction of sp³-hybridized carbons (Fsp3) is 1.00. The first-order valence-corrected chi connectivity index (χ1v) is 7.94. The first-order valence-electron chi connectivity index (χ1n) is 7.94. The number of hydrogen-bond acceptors (Lipinski definition) is 4. The number of nitrogens with zero attached hydrogens (tertiary/aromatic N) is 3. The fourth-order valence-electron chi connectivity index (χ4n) is 2.48. The number of hydrogen-bond donors (Lipinski definition) is 0. The van der Waals surface area contributed by atoms with Crippen LogP contribution in [-0.2, 0) is 4.74 Å². The first kappa shape index (κ1) is 16.9. The molecule has 0 aromatic carbocycles. The summed E-state index contributed by atoms with van der Waals surface area (Å²) in [5, 5.41) is 0. The molecule has 0 unspecified atom stereocenters. The molecule has 0 aromatic rings. The van der Waals surface area contributed by atoms with Gasteiger partial charge in [0.2, 0.25) is 0 Å². The Bertz CT molecular complexity index is 211. The summed E-state index contributed by atoms with van der Waals surface area (Å²) in [7, 11) is 0. The van der Waals surface area contributed by atoms with E-state index < -0.39 is 0 Å². The molecule has 0 aromatic heterocycles. The zero-order valence-corrected chi connectivity index (χ0v) is 13.4. The van der Waals surface area contributed by atoms with E-state index in [1.54, 1.807) is 0 Å². The second kappa shape index (κ2) is 9.70. The number of likely N-dealkylation sites (N-methyl/N-ethyl adjacent to an activating group) is 1. The molecule has 4 nitrogen and oxygen atoms in total. The molecule has 19 heavy (non-hydrogen) atoms. The number of ether oxygens (including phenoxy) is 1. The lowest BCUT2D eigenvalue weighted by molar-refractivity contribution is 0.0436. The molecule has 0 radical (unpaired) electrons. The van der Waals surface area contributed by atoms with Gasteiger partial charge in [-0.05, 0) is 26.9 Å². The second-order valence-electron chi connectivity index (χ2n) is 5.63. The van der Waals surface area contributed by atoms with Crippen molar-refractivity contribution in [1.29, 1.82) is 0 Å². The van der Waals surface area contributed by atoms with Crippen LogP contribution in [0, 0.1) is 0 Å². The molecule has 0 atom stereocenters. The molecule has 4 heteroatoms. The van der Waals surface area contributed by atoms with E-state index in [0.717, 1.165) is 13.2 Å². The van der Waals surface area contributed by atoms with Crippen LogP contribution < -0.4 is 0 Å². The Morgan fingerprint density at radius 1 is 0.947 bits per heavy atom. The zero-order valence-electron chi connectivity index (χ0n) is 13.4. The van der Waals surface area contributed by atoms with E-state index in [9.17, 15) is 0 Å². The molecule has 0 spiro atoms. The summed E-state index contributed by atoms with van der Waals surface area (Å²) in [6, 6.07) is 0. The maximum atomic E-state index is 5.62. The van der Waals surface area contributed by atoms with Crippen molar-refractivity contribution in [2.45, 2.75) is 33.8 Å². The maximum Gasteiger partial charge on any atom is 0.0596 e. The van der Waals surface area contributed by atoms with E-state index in [2.05, 4.69) is 42.4 Å². The molecular formula is C15H33N3O. The molecule has 1 aliphatic rings. The minimum Gasteiger partial charge on any atom is -0.377 e. The molecule has 1 saturated heterocycles. The molecule has 0 saturated carbocycles. The number of rotatable bonds is 9. The van der Waals surface area contributed by atoms with Crippen LogP contribution in [0.3, 0.4) is 0 Å². The lowest BCUT2D eigenvalue weighted by Gasteiger charge is -2.35. The average Bonchev–Trinajstić information content (AvgIpc) is 2.41.